The predicted molar refractivity (Wildman–Crippen MR) is 31.0 cm³/mol. The fourth-order valence-electron chi connectivity index (χ4n) is 0.0333. The number of hydrogen-bond donors (Lipinski definition) is 1. The van der Waals surface area contributed by atoms with E-state index in [1.165, 1.54) is 0 Å². The van der Waals surface area contributed by atoms with E-state index >= 15 is 0 Å². The van der Waals surface area contributed by atoms with Crippen LogP contribution in [0, 0.1) is 6.57 Å². The van der Waals surface area contributed by atoms with Crippen molar-refractivity contribution in [1.82, 2.24) is 0 Å². The third-order valence-corrected chi connectivity index (χ3v) is 0.764. The zero-order valence-corrected chi connectivity index (χ0v) is 4.44. The van der Waals surface area contributed by atoms with Crippen molar-refractivity contribution in [3.8, 4) is 6.57 Å². The lowest BCUT2D eigenvalue weighted by atomic mass is 10.6. The third kappa shape index (κ3) is 1.86. The minimum atomic E-state index is 0.735. The van der Waals surface area contributed by atoms with E-state index in [4.69, 9.17) is 6.57 Å². The molecule has 0 aliphatic heterocycles. The summed E-state index contributed by atoms with van der Waals surface area (Å²) in [7, 11) is 0. The van der Waals surface area contributed by atoms with Crippen LogP contribution >= 0.6 is 12.6 Å². The van der Waals surface area contributed by atoms with Gasteiger partial charge in [-0.2, -0.15) is 0 Å². The molecule has 0 heterocycles. The fraction of sp³-hybridized carbons (Fsp3) is 0.250. The molecule has 0 saturated heterocycles. The monoisotopic (exact) mass is 100 g/mol. The zero-order valence-electron chi connectivity index (χ0n) is 3.55. The van der Waals surface area contributed by atoms with Crippen LogP contribution in [-0.2, 0) is 0 Å². The Labute approximate surface area is 42.9 Å². The molecule has 0 unspecified atom stereocenters. The standard InChI is InChI=1S/C4H5NS/c1-4(3-6)5-2/h2-3H,1H3/p+1/b4-3-. The Morgan fingerprint density at radius 1 is 2.00 bits per heavy atom. The molecule has 0 aromatic carbocycles. The van der Waals surface area contributed by atoms with E-state index in [1.54, 1.807) is 12.3 Å². The Kier molecular flexibility index (Phi) is 2.60. The molecule has 0 atom stereocenters. The quantitative estimate of drug-likeness (QED) is 0.442. The van der Waals surface area contributed by atoms with E-state index in [0.717, 1.165) is 5.70 Å². The van der Waals surface area contributed by atoms with Crippen LogP contribution in [0.3, 0.4) is 0 Å². The molecule has 0 rings (SSSR count). The van der Waals surface area contributed by atoms with Gasteiger partial charge < -0.3 is 0 Å². The molecule has 0 amide bonds. The SMILES string of the molecule is C#[N+]/C(C)=C\S. The minimum absolute atomic E-state index is 0.735. The molecule has 2 heteroatoms. The Hall–Kier alpha value is -0.420. The summed E-state index contributed by atoms with van der Waals surface area (Å²) in [6, 6.07) is 0. The van der Waals surface area contributed by atoms with Gasteiger partial charge in [-0.1, -0.05) is 0 Å². The Morgan fingerprint density at radius 2 is 2.50 bits per heavy atom. The van der Waals surface area contributed by atoms with Crippen molar-refractivity contribution in [3.63, 3.8) is 0 Å². The molecule has 1 nitrogen and oxygen atoms in total. The first-order chi connectivity index (χ1) is 2.81. The molecule has 0 N–H and O–H groups in total. The van der Waals surface area contributed by atoms with Crippen molar-refractivity contribution < 1.29 is 0 Å². The number of rotatable bonds is 0. The molecular formula is C4H6NS+. The second-order valence-corrected chi connectivity index (χ2v) is 1.16. The highest BCUT2D eigenvalue weighted by atomic mass is 32.1. The molecule has 0 saturated carbocycles. The molecule has 0 spiro atoms. The first-order valence-corrected chi connectivity index (χ1v) is 2.05. The Morgan fingerprint density at radius 3 is 2.50 bits per heavy atom. The zero-order chi connectivity index (χ0) is 4.99. The molecule has 32 valence electrons. The van der Waals surface area contributed by atoms with Gasteiger partial charge in [0.05, 0.1) is 5.41 Å². The average molecular weight is 100 g/mol. The molecule has 0 bridgehead atoms. The van der Waals surface area contributed by atoms with Crippen molar-refractivity contribution in [2.75, 3.05) is 0 Å². The average Bonchev–Trinajstić information content (AvgIpc) is 1.65. The molecule has 0 radical (unpaired) electrons. The van der Waals surface area contributed by atoms with Gasteiger partial charge in [0, 0.05) is 6.92 Å². The van der Waals surface area contributed by atoms with E-state index in [9.17, 15) is 0 Å². The first-order valence-electron chi connectivity index (χ1n) is 1.53. The van der Waals surface area contributed by atoms with Gasteiger partial charge in [0.25, 0.3) is 6.57 Å². The predicted octanol–water partition coefficient (Wildman–Crippen LogP) is 1.74. The van der Waals surface area contributed by atoms with Crippen LogP contribution in [0.4, 0.5) is 0 Å². The van der Waals surface area contributed by atoms with Crippen LogP contribution in [-0.4, -0.2) is 0 Å². The lowest BCUT2D eigenvalue weighted by Gasteiger charge is -1.58. The second-order valence-electron chi connectivity index (χ2n) is 0.900. The lowest BCUT2D eigenvalue weighted by Crippen LogP contribution is -1.50. The van der Waals surface area contributed by atoms with Crippen molar-refractivity contribution >= 4 is 12.6 Å². The summed E-state index contributed by atoms with van der Waals surface area (Å²) in [4.78, 5) is 3.29. The van der Waals surface area contributed by atoms with Gasteiger partial charge in [0.1, 0.15) is 0 Å². The smallest absolute Gasteiger partial charge is 0.144 e. The summed E-state index contributed by atoms with van der Waals surface area (Å²) in [5.74, 6) is 0. The van der Waals surface area contributed by atoms with Crippen LogP contribution in [0.5, 0.6) is 0 Å². The maximum Gasteiger partial charge on any atom is 0.319 e. The molecule has 0 aliphatic carbocycles. The summed E-state index contributed by atoms with van der Waals surface area (Å²) in [6.07, 6.45) is 0. The van der Waals surface area contributed by atoms with Gasteiger partial charge in [-0.15, -0.1) is 12.6 Å². The van der Waals surface area contributed by atoms with Crippen LogP contribution in [0.25, 0.3) is 4.85 Å². The van der Waals surface area contributed by atoms with Crippen molar-refractivity contribution in [1.29, 1.82) is 0 Å². The summed E-state index contributed by atoms with van der Waals surface area (Å²) >= 11 is 3.76. The normalized spacial score (nSPS) is 10.5. The Balaban J connectivity index is 3.61. The van der Waals surface area contributed by atoms with Crippen LogP contribution in [0.2, 0.25) is 0 Å². The largest absolute Gasteiger partial charge is 0.319 e. The van der Waals surface area contributed by atoms with E-state index in [2.05, 4.69) is 17.5 Å². The highest BCUT2D eigenvalue weighted by molar-refractivity contribution is 7.83. The Bertz CT molecular complexity index is 98.6. The van der Waals surface area contributed by atoms with Crippen LogP contribution in [0.1, 0.15) is 6.92 Å². The summed E-state index contributed by atoms with van der Waals surface area (Å²) in [5, 5.41) is 1.54. The molecule has 0 aromatic heterocycles. The minimum Gasteiger partial charge on any atom is -0.144 e. The first kappa shape index (κ1) is 5.58. The highest BCUT2D eigenvalue weighted by Crippen LogP contribution is 1.92. The molecule has 6 heavy (non-hydrogen) atoms. The van der Waals surface area contributed by atoms with Gasteiger partial charge in [0.2, 0.25) is 0 Å². The molecule has 0 fully saturated rings. The van der Waals surface area contributed by atoms with Gasteiger partial charge in [-0.25, -0.2) is 0 Å². The maximum absolute atomic E-state index is 4.79. The van der Waals surface area contributed by atoms with Crippen molar-refractivity contribution in [3.05, 3.63) is 16.0 Å². The van der Waals surface area contributed by atoms with Crippen LogP contribution < -0.4 is 0 Å². The topological polar surface area (TPSA) is 4.36 Å². The second kappa shape index (κ2) is 2.80. The summed E-state index contributed by atoms with van der Waals surface area (Å²) in [5.41, 5.74) is 0.735. The van der Waals surface area contributed by atoms with Gasteiger partial charge >= 0.3 is 5.70 Å². The fourth-order valence-corrected chi connectivity index (χ4v) is 0.100. The molecular weight excluding hydrogens is 94.1 g/mol. The van der Waals surface area contributed by atoms with E-state index < -0.39 is 0 Å². The van der Waals surface area contributed by atoms with Gasteiger partial charge in [-0.3, -0.25) is 0 Å². The van der Waals surface area contributed by atoms with Crippen LogP contribution in [0.15, 0.2) is 11.1 Å². The highest BCUT2D eigenvalue weighted by Gasteiger charge is 1.85. The number of hydrogen-bond acceptors (Lipinski definition) is 1. The number of thiol groups is 1. The molecule has 0 aromatic rings. The van der Waals surface area contributed by atoms with Gasteiger partial charge in [-0.05, 0) is 4.85 Å². The van der Waals surface area contributed by atoms with E-state index in [-0.39, 0.29) is 0 Å². The molecule has 0 aliphatic rings. The van der Waals surface area contributed by atoms with Crippen molar-refractivity contribution in [2.45, 2.75) is 6.92 Å². The lowest BCUT2D eigenvalue weighted by molar-refractivity contribution is 1.56. The summed E-state index contributed by atoms with van der Waals surface area (Å²) in [6.45, 7) is 6.56. The number of allylic oxidation sites excluding steroid dienone is 1. The van der Waals surface area contributed by atoms with Gasteiger partial charge in [0.15, 0.2) is 0 Å². The third-order valence-electron chi connectivity index (χ3n) is 0.390. The van der Waals surface area contributed by atoms with E-state index in [1.807, 2.05) is 0 Å². The maximum atomic E-state index is 4.79. The van der Waals surface area contributed by atoms with Crippen molar-refractivity contribution in [2.24, 2.45) is 0 Å². The number of nitrogens with zero attached hydrogens (tertiary/aromatic N) is 1. The summed E-state index contributed by atoms with van der Waals surface area (Å²) < 4.78 is 0. The van der Waals surface area contributed by atoms with E-state index in [0.29, 0.717) is 0 Å².